The van der Waals surface area contributed by atoms with Crippen molar-refractivity contribution >= 4 is 15.7 Å². The first-order valence-corrected chi connectivity index (χ1v) is 7.42. The summed E-state index contributed by atoms with van der Waals surface area (Å²) in [6.45, 7) is 2.37. The van der Waals surface area contributed by atoms with Crippen molar-refractivity contribution in [3.63, 3.8) is 0 Å². The first kappa shape index (κ1) is 12.7. The van der Waals surface area contributed by atoms with Gasteiger partial charge < -0.3 is 15.2 Å². The van der Waals surface area contributed by atoms with Gasteiger partial charge in [-0.25, -0.2) is 8.42 Å². The van der Waals surface area contributed by atoms with Crippen molar-refractivity contribution in [3.8, 4) is 5.75 Å². The van der Waals surface area contributed by atoms with Crippen LogP contribution in [0.3, 0.4) is 0 Å². The van der Waals surface area contributed by atoms with Crippen LogP contribution >= 0.6 is 0 Å². The fourth-order valence-corrected chi connectivity index (χ4v) is 4.17. The van der Waals surface area contributed by atoms with E-state index in [0.29, 0.717) is 37.7 Å². The smallest absolute Gasteiger partial charge is 0.243 e. The van der Waals surface area contributed by atoms with E-state index < -0.39 is 10.0 Å². The van der Waals surface area contributed by atoms with E-state index in [4.69, 9.17) is 15.2 Å². The highest BCUT2D eigenvalue weighted by Gasteiger charge is 2.53. The average Bonchev–Trinajstić information content (AvgIpc) is 2.24. The van der Waals surface area contributed by atoms with Crippen LogP contribution in [0.4, 0.5) is 5.69 Å². The highest BCUT2D eigenvalue weighted by Crippen LogP contribution is 2.40. The summed E-state index contributed by atoms with van der Waals surface area (Å²) in [7, 11) is -1.96. The Morgan fingerprint density at radius 3 is 2.53 bits per heavy atom. The summed E-state index contributed by atoms with van der Waals surface area (Å²) in [4.78, 5) is 0.209. The Hall–Kier alpha value is -1.31. The van der Waals surface area contributed by atoms with Gasteiger partial charge in [-0.2, -0.15) is 4.31 Å². The van der Waals surface area contributed by atoms with Gasteiger partial charge in [0, 0.05) is 18.5 Å². The summed E-state index contributed by atoms with van der Waals surface area (Å²) in [5.41, 5.74) is 6.14. The van der Waals surface area contributed by atoms with Crippen molar-refractivity contribution in [2.24, 2.45) is 5.41 Å². The summed E-state index contributed by atoms with van der Waals surface area (Å²) in [5, 5.41) is 0. The number of anilines is 1. The van der Waals surface area contributed by atoms with Gasteiger partial charge in [-0.15, -0.1) is 0 Å². The Morgan fingerprint density at radius 2 is 2.05 bits per heavy atom. The largest absolute Gasteiger partial charge is 0.495 e. The van der Waals surface area contributed by atoms with Gasteiger partial charge in [-0.3, -0.25) is 0 Å². The van der Waals surface area contributed by atoms with Gasteiger partial charge in [0.2, 0.25) is 10.0 Å². The Labute approximate surface area is 112 Å². The molecule has 104 valence electrons. The van der Waals surface area contributed by atoms with E-state index in [1.807, 2.05) is 0 Å². The third-order valence-corrected chi connectivity index (χ3v) is 5.47. The zero-order valence-electron chi connectivity index (χ0n) is 10.6. The Kier molecular flexibility index (Phi) is 2.74. The molecule has 1 spiro atoms. The second-order valence-corrected chi connectivity index (χ2v) is 7.11. The van der Waals surface area contributed by atoms with E-state index in [-0.39, 0.29) is 10.3 Å². The quantitative estimate of drug-likeness (QED) is 0.807. The normalized spacial score (nSPS) is 21.7. The minimum absolute atomic E-state index is 0.0606. The monoisotopic (exact) mass is 284 g/mol. The van der Waals surface area contributed by atoms with Crippen LogP contribution in [-0.4, -0.2) is 46.1 Å². The van der Waals surface area contributed by atoms with Crippen LogP contribution in [0.2, 0.25) is 0 Å². The first-order chi connectivity index (χ1) is 8.97. The van der Waals surface area contributed by atoms with E-state index in [0.717, 1.165) is 0 Å². The fourth-order valence-electron chi connectivity index (χ4n) is 2.47. The van der Waals surface area contributed by atoms with E-state index in [2.05, 4.69) is 0 Å². The predicted octanol–water partition coefficient (Wildman–Crippen LogP) is 0.298. The Balaban J connectivity index is 1.83. The highest BCUT2D eigenvalue weighted by atomic mass is 32.2. The molecule has 0 aliphatic carbocycles. The molecule has 0 radical (unpaired) electrons. The van der Waals surface area contributed by atoms with Gasteiger partial charge in [0.1, 0.15) is 5.75 Å². The molecule has 2 N–H and O–H groups in total. The fraction of sp³-hybridized carbons (Fsp3) is 0.500. The number of sulfonamides is 1. The van der Waals surface area contributed by atoms with Crippen LogP contribution in [0.5, 0.6) is 5.75 Å². The molecule has 2 aliphatic rings. The van der Waals surface area contributed by atoms with E-state index >= 15 is 0 Å². The molecule has 2 fully saturated rings. The molecular formula is C12H16N2O4S. The molecule has 0 amide bonds. The number of nitrogens with zero attached hydrogens (tertiary/aromatic N) is 1. The second kappa shape index (κ2) is 4.09. The number of benzene rings is 1. The summed E-state index contributed by atoms with van der Waals surface area (Å²) >= 11 is 0. The molecule has 3 rings (SSSR count). The van der Waals surface area contributed by atoms with Crippen molar-refractivity contribution in [2.45, 2.75) is 4.90 Å². The lowest BCUT2D eigenvalue weighted by Crippen LogP contribution is -2.66. The molecule has 1 aromatic carbocycles. The van der Waals surface area contributed by atoms with Crippen LogP contribution in [-0.2, 0) is 14.8 Å². The van der Waals surface area contributed by atoms with E-state index in [1.54, 1.807) is 6.07 Å². The van der Waals surface area contributed by atoms with Crippen LogP contribution in [0.1, 0.15) is 0 Å². The standard InChI is InChI=1S/C12H16N2O4S/c1-17-11-3-2-9(4-10(11)13)19(15,16)14-5-12(6-14)7-18-8-12/h2-4H,5-8,13H2,1H3. The van der Waals surface area contributed by atoms with Gasteiger partial charge >= 0.3 is 0 Å². The van der Waals surface area contributed by atoms with Gasteiger partial charge in [0.05, 0.1) is 30.9 Å². The molecule has 0 atom stereocenters. The molecule has 0 unspecified atom stereocenters. The zero-order valence-corrected chi connectivity index (χ0v) is 11.4. The third kappa shape index (κ3) is 1.89. The summed E-state index contributed by atoms with van der Waals surface area (Å²) in [6.07, 6.45) is 0. The van der Waals surface area contributed by atoms with Crippen LogP contribution in [0, 0.1) is 5.41 Å². The number of ether oxygens (including phenoxy) is 2. The molecule has 2 aliphatic heterocycles. The first-order valence-electron chi connectivity index (χ1n) is 5.98. The van der Waals surface area contributed by atoms with Crippen LogP contribution < -0.4 is 10.5 Å². The molecule has 2 saturated heterocycles. The van der Waals surface area contributed by atoms with Crippen molar-refractivity contribution in [2.75, 3.05) is 39.1 Å². The summed E-state index contributed by atoms with van der Waals surface area (Å²) in [5.74, 6) is 0.478. The van der Waals surface area contributed by atoms with Crippen LogP contribution in [0.25, 0.3) is 0 Å². The van der Waals surface area contributed by atoms with E-state index in [9.17, 15) is 8.42 Å². The second-order valence-electron chi connectivity index (χ2n) is 5.17. The highest BCUT2D eigenvalue weighted by molar-refractivity contribution is 7.89. The lowest BCUT2D eigenvalue weighted by Gasteiger charge is -2.53. The summed E-state index contributed by atoms with van der Waals surface area (Å²) < 4.78 is 36.4. The molecule has 2 heterocycles. The molecule has 0 bridgehead atoms. The lowest BCUT2D eigenvalue weighted by molar-refractivity contribution is -0.166. The maximum atomic E-state index is 12.4. The molecule has 0 aromatic heterocycles. The number of rotatable bonds is 3. The van der Waals surface area contributed by atoms with Crippen molar-refractivity contribution < 1.29 is 17.9 Å². The van der Waals surface area contributed by atoms with Gasteiger partial charge in [-0.05, 0) is 18.2 Å². The molecule has 19 heavy (non-hydrogen) atoms. The molecular weight excluding hydrogens is 268 g/mol. The minimum atomic E-state index is -3.45. The van der Waals surface area contributed by atoms with Crippen molar-refractivity contribution in [1.82, 2.24) is 4.31 Å². The molecule has 1 aromatic rings. The third-order valence-electron chi connectivity index (χ3n) is 3.68. The van der Waals surface area contributed by atoms with Gasteiger partial charge in [-0.1, -0.05) is 0 Å². The van der Waals surface area contributed by atoms with Crippen molar-refractivity contribution in [3.05, 3.63) is 18.2 Å². The Morgan fingerprint density at radius 1 is 1.37 bits per heavy atom. The maximum Gasteiger partial charge on any atom is 0.243 e. The number of nitrogen functional groups attached to an aromatic ring is 1. The van der Waals surface area contributed by atoms with Crippen LogP contribution in [0.15, 0.2) is 23.1 Å². The zero-order chi connectivity index (χ0) is 13.7. The number of methoxy groups -OCH3 is 1. The average molecular weight is 284 g/mol. The number of hydrogen-bond donors (Lipinski definition) is 1. The SMILES string of the molecule is COc1ccc(S(=O)(=O)N2CC3(COC3)C2)cc1N. The van der Waals surface area contributed by atoms with E-state index in [1.165, 1.54) is 23.5 Å². The maximum absolute atomic E-state index is 12.4. The lowest BCUT2D eigenvalue weighted by atomic mass is 9.80. The predicted molar refractivity (Wildman–Crippen MR) is 69.4 cm³/mol. The molecule has 0 saturated carbocycles. The number of hydrogen-bond acceptors (Lipinski definition) is 5. The van der Waals surface area contributed by atoms with Gasteiger partial charge in [0.15, 0.2) is 0 Å². The van der Waals surface area contributed by atoms with Crippen molar-refractivity contribution in [1.29, 1.82) is 0 Å². The minimum Gasteiger partial charge on any atom is -0.495 e. The van der Waals surface area contributed by atoms with Gasteiger partial charge in [0.25, 0.3) is 0 Å². The topological polar surface area (TPSA) is 81.9 Å². The number of nitrogens with two attached hydrogens (primary N) is 1. The molecule has 7 heteroatoms. The Bertz CT molecular complexity index is 602. The molecule has 6 nitrogen and oxygen atoms in total. The summed E-state index contributed by atoms with van der Waals surface area (Å²) in [6, 6.07) is 4.54.